The average molecular weight is 545 g/mol. The van der Waals surface area contributed by atoms with Gasteiger partial charge >= 0.3 is 6.09 Å². The number of amides is 1. The molecule has 2 aliphatic carbocycles. The molecule has 3 unspecified atom stereocenters. The second-order valence-electron chi connectivity index (χ2n) is 9.82. The number of nitrogens with zero attached hydrogens (tertiary/aromatic N) is 2. The van der Waals surface area contributed by atoms with Crippen molar-refractivity contribution in [2.75, 3.05) is 39.6 Å². The summed E-state index contributed by atoms with van der Waals surface area (Å²) in [6.45, 7) is 10.1. The molecule has 2 aliphatic rings. The summed E-state index contributed by atoms with van der Waals surface area (Å²) in [7, 11) is -0.206. The molecule has 1 amide bonds. The maximum atomic E-state index is 12.1. The van der Waals surface area contributed by atoms with Crippen LogP contribution in [0, 0.1) is 40.9 Å². The van der Waals surface area contributed by atoms with Crippen molar-refractivity contribution >= 4 is 14.6 Å². The summed E-state index contributed by atoms with van der Waals surface area (Å²) in [6, 6.07) is 2.42. The van der Waals surface area contributed by atoms with Gasteiger partial charge in [-0.1, -0.05) is 7.40 Å². The fraction of sp³-hybridized carbons (Fsp3) is 0.852. The Morgan fingerprint density at radius 3 is 2.54 bits per heavy atom. The van der Waals surface area contributed by atoms with E-state index in [4.69, 9.17) is 26.6 Å². The fourth-order valence-electron chi connectivity index (χ4n) is 4.62. The number of nitrogens with one attached hydrogen (secondary N) is 1. The van der Waals surface area contributed by atoms with Crippen molar-refractivity contribution < 1.29 is 29.8 Å². The Balaban J connectivity index is 0.00000371. The molecule has 0 aromatic carbocycles. The normalized spacial score (nSPS) is 22.5. The molecule has 5 atom stereocenters. The molecule has 0 heterocycles. The number of hydrogen-bond acceptors (Lipinski definition) is 8. The highest BCUT2D eigenvalue weighted by Crippen LogP contribution is 2.52. The van der Waals surface area contributed by atoms with Gasteiger partial charge in [-0.3, -0.25) is 0 Å². The van der Waals surface area contributed by atoms with Crippen LogP contribution in [0.2, 0.25) is 0 Å². The van der Waals surface area contributed by atoms with Crippen LogP contribution in [0.15, 0.2) is 0 Å². The van der Waals surface area contributed by atoms with E-state index in [0.717, 1.165) is 25.7 Å². The van der Waals surface area contributed by atoms with Gasteiger partial charge in [-0.15, -0.1) is 11.8 Å². The molecule has 0 bridgehead atoms. The SMILES string of the molecule is [2H]OCC(COCCCNC(=O)OCC1[C@H]2CCC#CCC[C@@H]12)OP(OCCC#N)N(C(C)C)C(C)C.[3H]C. The molecule has 2 N–H and O–H groups in total. The highest BCUT2D eigenvalue weighted by atomic mass is 31.2. The number of aliphatic hydroxyl groups is 1. The van der Waals surface area contributed by atoms with Crippen LogP contribution in [0.3, 0.4) is 0 Å². The molecule has 2 rings (SSSR count). The lowest BCUT2D eigenvalue weighted by molar-refractivity contribution is 0.00950. The largest absolute Gasteiger partial charge is 0.449 e. The van der Waals surface area contributed by atoms with Gasteiger partial charge in [-0.2, -0.15) is 5.26 Å². The van der Waals surface area contributed by atoms with Crippen molar-refractivity contribution in [2.24, 2.45) is 17.8 Å². The molecule has 1 saturated carbocycles. The zero-order chi connectivity index (χ0) is 29.0. The van der Waals surface area contributed by atoms with Crippen LogP contribution in [-0.2, 0) is 18.5 Å². The van der Waals surface area contributed by atoms with Gasteiger partial charge in [0.05, 0.1) is 38.9 Å². The van der Waals surface area contributed by atoms with Crippen LogP contribution in [-0.4, -0.2) is 75.1 Å². The van der Waals surface area contributed by atoms with Crippen molar-refractivity contribution in [3.63, 3.8) is 0 Å². The summed E-state index contributed by atoms with van der Waals surface area (Å²) in [5.74, 6) is 8.18. The van der Waals surface area contributed by atoms with E-state index in [1.54, 1.807) is 0 Å². The fourth-order valence-corrected chi connectivity index (χ4v) is 6.30. The Morgan fingerprint density at radius 2 is 1.95 bits per heavy atom. The van der Waals surface area contributed by atoms with Crippen LogP contribution >= 0.6 is 8.53 Å². The van der Waals surface area contributed by atoms with Crippen LogP contribution in [0.1, 0.15) is 75.0 Å². The molecule has 9 nitrogen and oxygen atoms in total. The maximum Gasteiger partial charge on any atom is 0.407 e. The molecule has 10 heteroatoms. The minimum absolute atomic E-state index is 0.0321. The van der Waals surface area contributed by atoms with Crippen molar-refractivity contribution in [3.8, 4) is 17.9 Å². The molecule has 212 valence electrons. The van der Waals surface area contributed by atoms with Gasteiger partial charge < -0.3 is 28.9 Å². The maximum absolute atomic E-state index is 12.1. The third kappa shape index (κ3) is 12.3. The van der Waals surface area contributed by atoms with Gasteiger partial charge in [0.1, 0.15) is 6.10 Å². The summed E-state index contributed by atoms with van der Waals surface area (Å²) in [5, 5.41) is 16.2. The van der Waals surface area contributed by atoms with Crippen LogP contribution in [0.5, 0.6) is 0 Å². The van der Waals surface area contributed by atoms with Crippen molar-refractivity contribution in [1.82, 2.24) is 9.99 Å². The highest BCUT2D eigenvalue weighted by molar-refractivity contribution is 7.44. The monoisotopic (exact) mass is 544 g/mol. The lowest BCUT2D eigenvalue weighted by atomic mass is 10.1. The number of carbonyl (C=O) groups is 1. The van der Waals surface area contributed by atoms with Gasteiger partial charge in [0.15, 0.2) is 0 Å². The van der Waals surface area contributed by atoms with Crippen molar-refractivity contribution in [3.05, 3.63) is 0 Å². The molecule has 1 fully saturated rings. The Morgan fingerprint density at radius 1 is 1.27 bits per heavy atom. The first-order chi connectivity index (χ1) is 18.9. The first kappa shape index (κ1) is 30.1. The first-order valence-electron chi connectivity index (χ1n) is 14.6. The van der Waals surface area contributed by atoms with E-state index in [0.29, 0.717) is 43.9 Å². The summed E-state index contributed by atoms with van der Waals surface area (Å²) in [6.07, 6.45) is 4.14. The molecule has 0 saturated heterocycles. The van der Waals surface area contributed by atoms with Gasteiger partial charge in [0, 0.05) is 39.4 Å². The van der Waals surface area contributed by atoms with E-state index >= 15 is 0 Å². The number of nitriles is 1. The third-order valence-corrected chi connectivity index (χ3v) is 8.55. The molecule has 0 aliphatic heterocycles. The molecular weight excluding hydrogens is 493 g/mol. The van der Waals surface area contributed by atoms with Crippen LogP contribution < -0.4 is 5.32 Å². The quantitative estimate of drug-likeness (QED) is 0.143. The predicted octanol–water partition coefficient (Wildman–Crippen LogP) is 4.85. The molecule has 0 aromatic heterocycles. The smallest absolute Gasteiger partial charge is 0.407 e. The highest BCUT2D eigenvalue weighted by Gasteiger charge is 2.49. The number of fused-ring (bicyclic) bond motifs is 1. The number of hydrogen-bond donors (Lipinski definition) is 2. The molecule has 0 aromatic rings. The number of aliphatic hydroxyl groups excluding tert-OH is 1. The molecular formula is C27H48N3O6P. The van der Waals surface area contributed by atoms with E-state index in [2.05, 4.69) is 60.7 Å². The van der Waals surface area contributed by atoms with E-state index in [9.17, 15) is 4.79 Å². The summed E-state index contributed by atoms with van der Waals surface area (Å²) < 4.78 is 38.3. The average Bonchev–Trinajstić information content (AvgIpc) is 3.54. The number of ether oxygens (including phenoxy) is 2. The van der Waals surface area contributed by atoms with Crippen LogP contribution in [0.4, 0.5) is 4.79 Å². The first-order valence-corrected chi connectivity index (χ1v) is 14.3. The zero-order valence-corrected chi connectivity index (χ0v) is 24.1. The van der Waals surface area contributed by atoms with Gasteiger partial charge in [-0.05, 0) is 64.7 Å². The van der Waals surface area contributed by atoms with Crippen molar-refractivity contribution in [2.45, 2.75) is 91.8 Å². The van der Waals surface area contributed by atoms with E-state index in [-0.39, 0.29) is 44.4 Å². The van der Waals surface area contributed by atoms with E-state index < -0.39 is 14.6 Å². The second kappa shape index (κ2) is 18.7. The van der Waals surface area contributed by atoms with Crippen LogP contribution in [0.25, 0.3) is 0 Å². The lowest BCUT2D eigenvalue weighted by Crippen LogP contribution is -2.36. The lowest BCUT2D eigenvalue weighted by Gasteiger charge is -2.37. The number of rotatable bonds is 18. The number of carbonyl (C=O) groups excluding carboxylic acids is 1. The molecule has 0 spiro atoms. The van der Waals surface area contributed by atoms with Gasteiger partial charge in [-0.25, -0.2) is 9.46 Å². The second-order valence-corrected chi connectivity index (χ2v) is 11.2. The Hall–Kier alpha value is -1.45. The summed E-state index contributed by atoms with van der Waals surface area (Å²) in [4.78, 5) is 12.1. The Kier molecular flexibility index (Phi) is 15.2. The van der Waals surface area contributed by atoms with E-state index in [1.165, 1.54) is 7.40 Å². The van der Waals surface area contributed by atoms with E-state index in [1.807, 2.05) is 0 Å². The van der Waals surface area contributed by atoms with Gasteiger partial charge in [0.2, 0.25) is 1.43 Å². The molecule has 37 heavy (non-hydrogen) atoms. The predicted molar refractivity (Wildman–Crippen MR) is 145 cm³/mol. The Bertz CT molecular complexity index is 751. The third-order valence-electron chi connectivity index (χ3n) is 6.37. The summed E-state index contributed by atoms with van der Waals surface area (Å²) >= 11 is 0. The van der Waals surface area contributed by atoms with Crippen molar-refractivity contribution in [1.29, 1.82) is 6.69 Å². The van der Waals surface area contributed by atoms with Gasteiger partial charge in [0.25, 0.3) is 8.53 Å². The molecule has 0 radical (unpaired) electrons. The minimum atomic E-state index is -1.46. The topological polar surface area (TPSA) is 113 Å². The summed E-state index contributed by atoms with van der Waals surface area (Å²) in [5.41, 5.74) is 0. The number of alkyl carbamates (subject to hydrolysis) is 1. The zero-order valence-electron chi connectivity index (χ0n) is 25.2. The Labute approximate surface area is 228 Å². The standard InChI is InChI=1S/C26H44N3O6P.CH4/c1-20(2)29(21(3)4)36(34-16-9-13-27)35-22(17-30)18-32-15-10-14-28-26(31)33-19-25-23-11-7-5-6-8-12-24(23)25;/h20-25,30H,7-12,14-19H2,1-4H3,(H,28,31);1H4/t22?,23-,24+,25?,36?;/i30D;1T. The minimum Gasteiger partial charge on any atom is -0.449 e.